The lowest BCUT2D eigenvalue weighted by Crippen LogP contribution is -2.45. The predicted octanol–water partition coefficient (Wildman–Crippen LogP) is 3.03. The highest BCUT2D eigenvalue weighted by Gasteiger charge is 2.30. The number of esters is 1. The first-order valence-electron chi connectivity index (χ1n) is 9.01. The van der Waals surface area contributed by atoms with Crippen LogP contribution < -0.4 is 5.32 Å². The number of methoxy groups -OCH3 is 1. The highest BCUT2D eigenvalue weighted by Crippen LogP contribution is 2.29. The number of ether oxygens (including phenoxy) is 1. The zero-order valence-electron chi connectivity index (χ0n) is 15.1. The minimum absolute atomic E-state index is 0.0555. The van der Waals surface area contributed by atoms with Gasteiger partial charge in [-0.25, -0.2) is 9.78 Å². The van der Waals surface area contributed by atoms with E-state index in [1.807, 2.05) is 30.7 Å². The predicted molar refractivity (Wildman–Crippen MR) is 101 cm³/mol. The summed E-state index contributed by atoms with van der Waals surface area (Å²) in [5.74, 6) is 0.159. The number of imidazole rings is 1. The SMILES string of the molecule is COC(=O)c1ccc2cc(C(=O)NC3CC(Cn4ccnc4)C3)ccc2c1. The van der Waals surface area contributed by atoms with Crippen molar-refractivity contribution in [1.82, 2.24) is 14.9 Å². The lowest BCUT2D eigenvalue weighted by molar-refractivity contribution is 0.0600. The second kappa shape index (κ2) is 7.23. The van der Waals surface area contributed by atoms with Crippen molar-refractivity contribution in [3.63, 3.8) is 0 Å². The minimum Gasteiger partial charge on any atom is -0.465 e. The number of hydrogen-bond acceptors (Lipinski definition) is 4. The topological polar surface area (TPSA) is 73.2 Å². The standard InChI is InChI=1S/C21H21N3O3/c1-27-21(26)18-5-3-15-10-17(4-2-16(15)11-18)20(25)23-19-8-14(9-19)12-24-7-6-22-13-24/h2-7,10-11,13-14,19H,8-9,12H2,1H3,(H,23,25). The molecule has 1 heterocycles. The second-order valence-corrected chi connectivity index (χ2v) is 7.04. The van der Waals surface area contributed by atoms with Gasteiger partial charge in [-0.2, -0.15) is 0 Å². The molecule has 138 valence electrons. The molecular weight excluding hydrogens is 342 g/mol. The van der Waals surface area contributed by atoms with Gasteiger partial charge in [-0.3, -0.25) is 4.79 Å². The summed E-state index contributed by atoms with van der Waals surface area (Å²) in [6.07, 6.45) is 7.55. The third kappa shape index (κ3) is 3.69. The molecule has 0 spiro atoms. The zero-order chi connectivity index (χ0) is 18.8. The van der Waals surface area contributed by atoms with Crippen LogP contribution in [0.4, 0.5) is 0 Å². The van der Waals surface area contributed by atoms with E-state index in [4.69, 9.17) is 4.74 Å². The molecule has 0 saturated heterocycles. The molecule has 27 heavy (non-hydrogen) atoms. The van der Waals surface area contributed by atoms with Crippen LogP contribution in [-0.2, 0) is 11.3 Å². The Balaban J connectivity index is 1.37. The molecule has 0 atom stereocenters. The largest absolute Gasteiger partial charge is 0.465 e. The summed E-state index contributed by atoms with van der Waals surface area (Å²) in [6, 6.07) is 11.1. The van der Waals surface area contributed by atoms with Crippen molar-refractivity contribution < 1.29 is 14.3 Å². The Morgan fingerprint density at radius 1 is 1.15 bits per heavy atom. The Bertz CT molecular complexity index is 976. The van der Waals surface area contributed by atoms with E-state index in [1.54, 1.807) is 24.4 Å². The van der Waals surface area contributed by atoms with Crippen LogP contribution in [0.25, 0.3) is 10.8 Å². The average Bonchev–Trinajstić information content (AvgIpc) is 3.17. The van der Waals surface area contributed by atoms with E-state index in [-0.39, 0.29) is 17.9 Å². The number of carbonyl (C=O) groups is 2. The van der Waals surface area contributed by atoms with Crippen LogP contribution in [-0.4, -0.2) is 34.6 Å². The van der Waals surface area contributed by atoms with Crippen LogP contribution in [0.1, 0.15) is 33.6 Å². The van der Waals surface area contributed by atoms with Crippen LogP contribution in [0, 0.1) is 5.92 Å². The fraction of sp³-hybridized carbons (Fsp3) is 0.286. The Morgan fingerprint density at radius 3 is 2.52 bits per heavy atom. The maximum atomic E-state index is 12.5. The van der Waals surface area contributed by atoms with E-state index in [0.717, 1.165) is 30.2 Å². The third-order valence-electron chi connectivity index (χ3n) is 5.12. The number of hydrogen-bond donors (Lipinski definition) is 1. The summed E-state index contributed by atoms with van der Waals surface area (Å²) in [5.41, 5.74) is 1.13. The molecule has 0 aliphatic heterocycles. The van der Waals surface area contributed by atoms with Gasteiger partial charge in [0.15, 0.2) is 0 Å². The van der Waals surface area contributed by atoms with Crippen LogP contribution in [0.5, 0.6) is 0 Å². The highest BCUT2D eigenvalue weighted by molar-refractivity contribution is 6.00. The van der Waals surface area contributed by atoms with Gasteiger partial charge in [0.1, 0.15) is 0 Å². The molecule has 4 rings (SSSR count). The van der Waals surface area contributed by atoms with Crippen molar-refractivity contribution in [1.29, 1.82) is 0 Å². The van der Waals surface area contributed by atoms with Gasteiger partial charge >= 0.3 is 5.97 Å². The van der Waals surface area contributed by atoms with Gasteiger partial charge in [0, 0.05) is 30.5 Å². The summed E-state index contributed by atoms with van der Waals surface area (Å²) < 4.78 is 6.82. The minimum atomic E-state index is -0.367. The number of amides is 1. The molecule has 0 radical (unpaired) electrons. The molecule has 0 bridgehead atoms. The number of nitrogens with one attached hydrogen (secondary N) is 1. The second-order valence-electron chi connectivity index (χ2n) is 7.04. The monoisotopic (exact) mass is 363 g/mol. The maximum Gasteiger partial charge on any atom is 0.337 e. The molecule has 1 amide bonds. The van der Waals surface area contributed by atoms with E-state index in [0.29, 0.717) is 17.0 Å². The molecule has 1 fully saturated rings. The molecule has 0 unspecified atom stereocenters. The highest BCUT2D eigenvalue weighted by atomic mass is 16.5. The fourth-order valence-electron chi connectivity index (χ4n) is 3.60. The van der Waals surface area contributed by atoms with Crippen molar-refractivity contribution in [2.75, 3.05) is 7.11 Å². The fourth-order valence-corrected chi connectivity index (χ4v) is 3.60. The molecule has 1 aromatic heterocycles. The average molecular weight is 363 g/mol. The van der Waals surface area contributed by atoms with E-state index in [2.05, 4.69) is 14.9 Å². The van der Waals surface area contributed by atoms with Gasteiger partial charge in [-0.1, -0.05) is 12.1 Å². The van der Waals surface area contributed by atoms with E-state index in [1.165, 1.54) is 7.11 Å². The molecule has 3 aromatic rings. The lowest BCUT2D eigenvalue weighted by atomic mass is 9.80. The Labute approximate surface area is 157 Å². The summed E-state index contributed by atoms with van der Waals surface area (Å²) in [6.45, 7) is 0.949. The first-order chi connectivity index (χ1) is 13.1. The Kier molecular flexibility index (Phi) is 4.62. The first-order valence-corrected chi connectivity index (χ1v) is 9.01. The van der Waals surface area contributed by atoms with Crippen molar-refractivity contribution in [3.8, 4) is 0 Å². The third-order valence-corrected chi connectivity index (χ3v) is 5.12. The molecule has 2 aromatic carbocycles. The van der Waals surface area contributed by atoms with E-state index >= 15 is 0 Å². The Hall–Kier alpha value is -3.15. The molecule has 1 N–H and O–H groups in total. The quantitative estimate of drug-likeness (QED) is 0.707. The van der Waals surface area contributed by atoms with E-state index < -0.39 is 0 Å². The van der Waals surface area contributed by atoms with Crippen LogP contribution in [0.3, 0.4) is 0 Å². The van der Waals surface area contributed by atoms with Gasteiger partial charge in [0.05, 0.1) is 19.0 Å². The molecular formula is C21H21N3O3. The summed E-state index contributed by atoms with van der Waals surface area (Å²) >= 11 is 0. The van der Waals surface area contributed by atoms with Gasteiger partial charge in [-0.05, 0) is 53.8 Å². The summed E-state index contributed by atoms with van der Waals surface area (Å²) in [5, 5.41) is 4.93. The molecule has 1 saturated carbocycles. The van der Waals surface area contributed by atoms with E-state index in [9.17, 15) is 9.59 Å². The zero-order valence-corrected chi connectivity index (χ0v) is 15.1. The number of rotatable bonds is 5. The number of aromatic nitrogens is 2. The van der Waals surface area contributed by atoms with Crippen molar-refractivity contribution >= 4 is 22.6 Å². The first kappa shape index (κ1) is 17.3. The summed E-state index contributed by atoms with van der Waals surface area (Å²) in [4.78, 5) is 28.2. The van der Waals surface area contributed by atoms with Crippen molar-refractivity contribution in [2.24, 2.45) is 5.92 Å². The molecule has 1 aliphatic carbocycles. The number of carbonyl (C=O) groups excluding carboxylic acids is 2. The normalized spacial score (nSPS) is 18.7. The molecule has 6 heteroatoms. The maximum absolute atomic E-state index is 12.5. The van der Waals surface area contributed by atoms with Gasteiger partial charge in [0.2, 0.25) is 0 Å². The van der Waals surface area contributed by atoms with Crippen LogP contribution in [0.2, 0.25) is 0 Å². The smallest absolute Gasteiger partial charge is 0.337 e. The molecule has 1 aliphatic rings. The number of fused-ring (bicyclic) bond motifs is 1. The summed E-state index contributed by atoms with van der Waals surface area (Å²) in [7, 11) is 1.36. The van der Waals surface area contributed by atoms with Gasteiger partial charge in [0.25, 0.3) is 5.91 Å². The molecule has 6 nitrogen and oxygen atoms in total. The Morgan fingerprint density at radius 2 is 1.85 bits per heavy atom. The van der Waals surface area contributed by atoms with Crippen molar-refractivity contribution in [2.45, 2.75) is 25.4 Å². The lowest BCUT2D eigenvalue weighted by Gasteiger charge is -2.36. The number of benzene rings is 2. The van der Waals surface area contributed by atoms with Crippen LogP contribution in [0.15, 0.2) is 55.1 Å². The van der Waals surface area contributed by atoms with Gasteiger partial charge in [-0.15, -0.1) is 0 Å². The van der Waals surface area contributed by atoms with Crippen molar-refractivity contribution in [3.05, 3.63) is 66.2 Å². The number of nitrogens with zero attached hydrogens (tertiary/aromatic N) is 2. The van der Waals surface area contributed by atoms with Crippen LogP contribution >= 0.6 is 0 Å². The van der Waals surface area contributed by atoms with Gasteiger partial charge < -0.3 is 14.6 Å².